The van der Waals surface area contributed by atoms with Gasteiger partial charge in [0.05, 0.1) is 0 Å². The molecule has 3 rings (SSSR count). The first kappa shape index (κ1) is 14.2. The molecule has 1 saturated carbocycles. The van der Waals surface area contributed by atoms with Crippen molar-refractivity contribution in [3.63, 3.8) is 0 Å². The Labute approximate surface area is 126 Å². The summed E-state index contributed by atoms with van der Waals surface area (Å²) in [5.74, 6) is 0.991. The Balaban J connectivity index is 1.80. The van der Waals surface area contributed by atoms with Crippen LogP contribution in [-0.4, -0.2) is 0 Å². The Kier molecular flexibility index (Phi) is 3.73. The van der Waals surface area contributed by atoms with E-state index in [1.54, 1.807) is 0 Å². The van der Waals surface area contributed by atoms with Crippen LogP contribution in [0.3, 0.4) is 0 Å². The van der Waals surface area contributed by atoms with E-state index in [0.29, 0.717) is 6.61 Å². The maximum Gasteiger partial charge on any atom is 0.125 e. The van der Waals surface area contributed by atoms with Gasteiger partial charge >= 0.3 is 0 Å². The smallest absolute Gasteiger partial charge is 0.125 e. The standard InChI is InChI=1S/C19H23NO/c1-14-11-17(19(20)9-6-10-19)12-15(2)18(14)21-13-16-7-4-3-5-8-16/h3-5,7-8,11-12H,6,9-10,13,20H2,1-2H3. The molecule has 2 N–H and O–H groups in total. The molecular weight excluding hydrogens is 258 g/mol. The van der Waals surface area contributed by atoms with E-state index in [0.717, 1.165) is 18.6 Å². The predicted octanol–water partition coefficient (Wildman–Crippen LogP) is 4.22. The van der Waals surface area contributed by atoms with Gasteiger partial charge in [-0.2, -0.15) is 0 Å². The zero-order chi connectivity index (χ0) is 14.9. The van der Waals surface area contributed by atoms with E-state index in [1.165, 1.54) is 28.7 Å². The quantitative estimate of drug-likeness (QED) is 0.910. The molecule has 1 fully saturated rings. The number of ether oxygens (including phenoxy) is 1. The van der Waals surface area contributed by atoms with Gasteiger partial charge in [0, 0.05) is 5.54 Å². The van der Waals surface area contributed by atoms with Crippen LogP contribution in [0, 0.1) is 13.8 Å². The molecule has 21 heavy (non-hydrogen) atoms. The summed E-state index contributed by atoms with van der Waals surface area (Å²) < 4.78 is 6.03. The lowest BCUT2D eigenvalue weighted by atomic mass is 9.72. The third-order valence-electron chi connectivity index (χ3n) is 4.51. The summed E-state index contributed by atoms with van der Waals surface area (Å²) >= 11 is 0. The van der Waals surface area contributed by atoms with Crippen molar-refractivity contribution in [2.75, 3.05) is 0 Å². The van der Waals surface area contributed by atoms with Crippen molar-refractivity contribution in [1.82, 2.24) is 0 Å². The topological polar surface area (TPSA) is 35.2 Å². The van der Waals surface area contributed by atoms with Gasteiger partial charge in [0.15, 0.2) is 0 Å². The Morgan fingerprint density at radius 2 is 1.67 bits per heavy atom. The Hall–Kier alpha value is -1.80. The molecule has 1 aliphatic carbocycles. The van der Waals surface area contributed by atoms with Crippen molar-refractivity contribution in [1.29, 1.82) is 0 Å². The first-order valence-electron chi connectivity index (χ1n) is 7.66. The third-order valence-corrected chi connectivity index (χ3v) is 4.51. The van der Waals surface area contributed by atoms with E-state index in [1.807, 2.05) is 18.2 Å². The molecule has 2 heteroatoms. The van der Waals surface area contributed by atoms with Gasteiger partial charge in [-0.15, -0.1) is 0 Å². The van der Waals surface area contributed by atoms with Gasteiger partial charge < -0.3 is 10.5 Å². The van der Waals surface area contributed by atoms with Gasteiger partial charge in [0.2, 0.25) is 0 Å². The molecule has 110 valence electrons. The van der Waals surface area contributed by atoms with E-state index < -0.39 is 0 Å². The van der Waals surface area contributed by atoms with Crippen LogP contribution in [0.5, 0.6) is 5.75 Å². The normalized spacial score (nSPS) is 16.3. The van der Waals surface area contributed by atoms with Crippen molar-refractivity contribution in [2.24, 2.45) is 5.73 Å². The molecular formula is C19H23NO. The second-order valence-electron chi connectivity index (χ2n) is 6.22. The first-order valence-corrected chi connectivity index (χ1v) is 7.66. The lowest BCUT2D eigenvalue weighted by Gasteiger charge is -2.39. The largest absolute Gasteiger partial charge is 0.488 e. The number of benzene rings is 2. The zero-order valence-electron chi connectivity index (χ0n) is 12.9. The number of nitrogens with two attached hydrogens (primary N) is 1. The van der Waals surface area contributed by atoms with E-state index in [-0.39, 0.29) is 5.54 Å². The van der Waals surface area contributed by atoms with Crippen molar-refractivity contribution in [3.05, 3.63) is 64.7 Å². The van der Waals surface area contributed by atoms with Crippen molar-refractivity contribution in [2.45, 2.75) is 45.3 Å². The molecule has 0 radical (unpaired) electrons. The van der Waals surface area contributed by atoms with Gasteiger partial charge in [-0.05, 0) is 55.4 Å². The number of rotatable bonds is 4. The molecule has 0 amide bonds. The highest BCUT2D eigenvalue weighted by Gasteiger charge is 2.34. The van der Waals surface area contributed by atoms with Crippen LogP contribution in [0.1, 0.15) is 41.5 Å². The lowest BCUT2D eigenvalue weighted by molar-refractivity contribution is 0.252. The highest BCUT2D eigenvalue weighted by molar-refractivity contribution is 5.46. The summed E-state index contributed by atoms with van der Waals surface area (Å²) in [6, 6.07) is 14.7. The second-order valence-corrected chi connectivity index (χ2v) is 6.22. The molecule has 0 heterocycles. The zero-order valence-corrected chi connectivity index (χ0v) is 12.9. The Morgan fingerprint density at radius 1 is 1.05 bits per heavy atom. The molecule has 1 aliphatic rings. The van der Waals surface area contributed by atoms with Crippen LogP contribution in [-0.2, 0) is 12.1 Å². The molecule has 0 spiro atoms. The fourth-order valence-corrected chi connectivity index (χ4v) is 3.04. The van der Waals surface area contributed by atoms with Crippen LogP contribution >= 0.6 is 0 Å². The molecule has 0 saturated heterocycles. The third kappa shape index (κ3) is 2.81. The fraction of sp³-hybridized carbons (Fsp3) is 0.368. The average Bonchev–Trinajstić information content (AvgIpc) is 2.45. The first-order chi connectivity index (χ1) is 10.1. The SMILES string of the molecule is Cc1cc(C2(N)CCC2)cc(C)c1OCc1ccccc1. The maximum absolute atomic E-state index is 6.44. The summed E-state index contributed by atoms with van der Waals surface area (Å²) in [6.07, 6.45) is 3.42. The van der Waals surface area contributed by atoms with Gasteiger partial charge in [-0.1, -0.05) is 42.5 Å². The monoisotopic (exact) mass is 281 g/mol. The Morgan fingerprint density at radius 3 is 2.19 bits per heavy atom. The van der Waals surface area contributed by atoms with Crippen LogP contribution in [0.15, 0.2) is 42.5 Å². The average molecular weight is 281 g/mol. The van der Waals surface area contributed by atoms with E-state index in [4.69, 9.17) is 10.5 Å². The van der Waals surface area contributed by atoms with Crippen LogP contribution in [0.25, 0.3) is 0 Å². The Bertz CT molecular complexity index is 606. The minimum Gasteiger partial charge on any atom is -0.488 e. The van der Waals surface area contributed by atoms with Gasteiger partial charge in [-0.25, -0.2) is 0 Å². The van der Waals surface area contributed by atoms with Gasteiger partial charge in [0.1, 0.15) is 12.4 Å². The lowest BCUT2D eigenvalue weighted by Crippen LogP contribution is -2.43. The predicted molar refractivity (Wildman–Crippen MR) is 86.4 cm³/mol. The van der Waals surface area contributed by atoms with E-state index in [9.17, 15) is 0 Å². The second kappa shape index (κ2) is 5.53. The van der Waals surface area contributed by atoms with E-state index >= 15 is 0 Å². The van der Waals surface area contributed by atoms with Crippen molar-refractivity contribution < 1.29 is 4.74 Å². The van der Waals surface area contributed by atoms with Crippen molar-refractivity contribution in [3.8, 4) is 5.75 Å². The summed E-state index contributed by atoms with van der Waals surface area (Å²) in [7, 11) is 0. The maximum atomic E-state index is 6.44. The number of hydrogen-bond donors (Lipinski definition) is 1. The molecule has 0 bridgehead atoms. The highest BCUT2D eigenvalue weighted by Crippen LogP contribution is 2.41. The molecule has 0 aliphatic heterocycles. The number of aryl methyl sites for hydroxylation is 2. The molecule has 2 aromatic carbocycles. The summed E-state index contributed by atoms with van der Waals surface area (Å²) in [6.45, 7) is 4.83. The van der Waals surface area contributed by atoms with Gasteiger partial charge in [-0.3, -0.25) is 0 Å². The van der Waals surface area contributed by atoms with Crippen LogP contribution < -0.4 is 10.5 Å². The minimum atomic E-state index is -0.104. The molecule has 0 aromatic heterocycles. The highest BCUT2D eigenvalue weighted by atomic mass is 16.5. The number of hydrogen-bond acceptors (Lipinski definition) is 2. The summed E-state index contributed by atoms with van der Waals surface area (Å²) in [5, 5.41) is 0. The van der Waals surface area contributed by atoms with Crippen LogP contribution in [0.4, 0.5) is 0 Å². The summed E-state index contributed by atoms with van der Waals surface area (Å²) in [4.78, 5) is 0. The molecule has 0 unspecified atom stereocenters. The summed E-state index contributed by atoms with van der Waals surface area (Å²) in [5.41, 5.74) is 11.1. The van der Waals surface area contributed by atoms with Crippen LogP contribution in [0.2, 0.25) is 0 Å². The van der Waals surface area contributed by atoms with E-state index in [2.05, 4.69) is 38.1 Å². The van der Waals surface area contributed by atoms with Crippen molar-refractivity contribution >= 4 is 0 Å². The minimum absolute atomic E-state index is 0.104. The molecule has 2 aromatic rings. The molecule has 2 nitrogen and oxygen atoms in total. The molecule has 0 atom stereocenters. The van der Waals surface area contributed by atoms with Gasteiger partial charge in [0.25, 0.3) is 0 Å². The fourth-order valence-electron chi connectivity index (χ4n) is 3.04.